The maximum absolute atomic E-state index is 11.9. The van der Waals surface area contributed by atoms with E-state index < -0.39 is 29.9 Å². The van der Waals surface area contributed by atoms with E-state index in [2.05, 4.69) is 5.92 Å². The lowest BCUT2D eigenvalue weighted by Crippen LogP contribution is -2.53. The number of Topliss-reactive ketones (excluding diaryl/α,β-unsaturated/α-hetero) is 1. The van der Waals surface area contributed by atoms with Crippen LogP contribution in [0, 0.1) is 12.3 Å². The summed E-state index contributed by atoms with van der Waals surface area (Å²) in [6.45, 7) is 7.00. The quantitative estimate of drug-likeness (QED) is 0.650. The number of rotatable bonds is 1. The van der Waals surface area contributed by atoms with Gasteiger partial charge >= 0.3 is 0 Å². The maximum Gasteiger partial charge on any atom is 0.190 e. The van der Waals surface area contributed by atoms with Crippen molar-refractivity contribution in [3.63, 3.8) is 0 Å². The van der Waals surface area contributed by atoms with Crippen LogP contribution in [-0.4, -0.2) is 42.3 Å². The molecular formula is C13H18O5. The molecule has 2 aliphatic heterocycles. The summed E-state index contributed by atoms with van der Waals surface area (Å²) in [5.74, 6) is 0.678. The van der Waals surface area contributed by atoms with Crippen LogP contribution >= 0.6 is 0 Å². The van der Waals surface area contributed by atoms with E-state index in [4.69, 9.17) is 25.4 Å². The summed E-state index contributed by atoms with van der Waals surface area (Å²) in [4.78, 5) is 11.9. The molecule has 18 heavy (non-hydrogen) atoms. The highest BCUT2D eigenvalue weighted by Crippen LogP contribution is 2.34. The predicted octanol–water partition coefficient (Wildman–Crippen LogP) is 0.860. The van der Waals surface area contributed by atoms with Crippen molar-refractivity contribution in [3.05, 3.63) is 0 Å². The van der Waals surface area contributed by atoms with Gasteiger partial charge in [-0.15, -0.1) is 6.42 Å². The van der Waals surface area contributed by atoms with Gasteiger partial charge in [-0.05, 0) is 27.7 Å². The minimum Gasteiger partial charge on any atom is -0.343 e. The Balaban J connectivity index is 2.19. The van der Waals surface area contributed by atoms with Gasteiger partial charge in [0, 0.05) is 0 Å². The molecule has 0 spiro atoms. The van der Waals surface area contributed by atoms with E-state index in [0.29, 0.717) is 0 Å². The van der Waals surface area contributed by atoms with Crippen molar-refractivity contribution in [1.29, 1.82) is 0 Å². The fraction of sp³-hybridized carbons (Fsp3) is 0.769. The Morgan fingerprint density at radius 2 is 1.83 bits per heavy atom. The highest BCUT2D eigenvalue weighted by atomic mass is 16.8. The first kappa shape index (κ1) is 13.5. The van der Waals surface area contributed by atoms with Crippen LogP contribution in [0.1, 0.15) is 27.7 Å². The first-order valence-electron chi connectivity index (χ1n) is 5.90. The number of terminal acetylenes is 1. The third-order valence-electron chi connectivity index (χ3n) is 2.88. The second-order valence-corrected chi connectivity index (χ2v) is 5.38. The number of hydrogen-bond donors (Lipinski definition) is 0. The summed E-state index contributed by atoms with van der Waals surface area (Å²) in [6, 6.07) is 0. The van der Waals surface area contributed by atoms with Crippen molar-refractivity contribution in [2.24, 2.45) is 0 Å². The van der Waals surface area contributed by atoms with Gasteiger partial charge in [-0.1, -0.05) is 5.92 Å². The van der Waals surface area contributed by atoms with Gasteiger partial charge in [0.1, 0.15) is 12.7 Å². The standard InChI is InChI=1S/C13H18O5/c1-6-9-11(18-13(4,5)16-9)10-8(14)7-15-12(2,3)17-10/h1,9-11H,7H2,2-5H3/t9-,10-,11+/m0/s1. The maximum atomic E-state index is 11.9. The molecule has 2 aliphatic rings. The second-order valence-electron chi connectivity index (χ2n) is 5.38. The lowest BCUT2D eigenvalue weighted by atomic mass is 10.0. The Morgan fingerprint density at radius 3 is 2.44 bits per heavy atom. The lowest BCUT2D eigenvalue weighted by Gasteiger charge is -2.37. The molecule has 0 aliphatic carbocycles. The van der Waals surface area contributed by atoms with Crippen LogP contribution in [0.2, 0.25) is 0 Å². The summed E-state index contributed by atoms with van der Waals surface area (Å²) >= 11 is 0. The van der Waals surface area contributed by atoms with Crippen LogP contribution in [0.4, 0.5) is 0 Å². The minimum absolute atomic E-state index is 0.00472. The molecule has 0 aromatic heterocycles. The molecule has 0 radical (unpaired) electrons. The van der Waals surface area contributed by atoms with Crippen LogP contribution in [0.25, 0.3) is 0 Å². The van der Waals surface area contributed by atoms with E-state index in [1.165, 1.54) is 0 Å². The summed E-state index contributed by atoms with van der Waals surface area (Å²) in [7, 11) is 0. The molecule has 2 rings (SSSR count). The largest absolute Gasteiger partial charge is 0.343 e. The molecule has 0 aromatic rings. The van der Waals surface area contributed by atoms with E-state index in [1.807, 2.05) is 0 Å². The van der Waals surface area contributed by atoms with E-state index in [9.17, 15) is 4.79 Å². The third kappa shape index (κ3) is 2.57. The van der Waals surface area contributed by atoms with Crippen LogP contribution < -0.4 is 0 Å². The average Bonchev–Trinajstić information content (AvgIpc) is 2.57. The zero-order chi connectivity index (χ0) is 13.6. The lowest BCUT2D eigenvalue weighted by molar-refractivity contribution is -0.275. The Kier molecular flexibility index (Phi) is 3.24. The summed E-state index contributed by atoms with van der Waals surface area (Å²) < 4.78 is 22.1. The smallest absolute Gasteiger partial charge is 0.190 e. The molecule has 2 fully saturated rings. The average molecular weight is 254 g/mol. The van der Waals surface area contributed by atoms with Gasteiger partial charge in [-0.2, -0.15) is 0 Å². The fourth-order valence-corrected chi connectivity index (χ4v) is 2.12. The Morgan fingerprint density at radius 1 is 1.17 bits per heavy atom. The van der Waals surface area contributed by atoms with Crippen molar-refractivity contribution < 1.29 is 23.7 Å². The van der Waals surface area contributed by atoms with Gasteiger partial charge in [0.25, 0.3) is 0 Å². The minimum atomic E-state index is -0.826. The zero-order valence-electron chi connectivity index (χ0n) is 11.1. The SMILES string of the molecule is C#C[C@@H]1OC(C)(C)O[C@H]1[C@H]1OC(C)(C)OCC1=O. The van der Waals surface area contributed by atoms with Crippen molar-refractivity contribution in [3.8, 4) is 12.3 Å². The van der Waals surface area contributed by atoms with E-state index >= 15 is 0 Å². The molecule has 5 nitrogen and oxygen atoms in total. The molecule has 0 N–H and O–H groups in total. The van der Waals surface area contributed by atoms with Gasteiger partial charge in [0.15, 0.2) is 29.6 Å². The van der Waals surface area contributed by atoms with Gasteiger partial charge in [0.2, 0.25) is 0 Å². The van der Waals surface area contributed by atoms with Crippen molar-refractivity contribution in [1.82, 2.24) is 0 Å². The molecule has 0 aromatic carbocycles. The molecule has 0 amide bonds. The summed E-state index contributed by atoms with van der Waals surface area (Å²) in [5.41, 5.74) is 0. The molecule has 2 saturated heterocycles. The Bertz CT molecular complexity index is 393. The van der Waals surface area contributed by atoms with Gasteiger partial charge in [-0.3, -0.25) is 4.79 Å². The topological polar surface area (TPSA) is 54.0 Å². The van der Waals surface area contributed by atoms with Crippen molar-refractivity contribution >= 4 is 5.78 Å². The molecule has 0 saturated carbocycles. The molecular weight excluding hydrogens is 236 g/mol. The van der Waals surface area contributed by atoms with E-state index in [1.54, 1.807) is 27.7 Å². The normalized spacial score (nSPS) is 38.4. The zero-order valence-corrected chi connectivity index (χ0v) is 11.1. The fourth-order valence-electron chi connectivity index (χ4n) is 2.12. The highest BCUT2D eigenvalue weighted by Gasteiger charge is 2.50. The summed E-state index contributed by atoms with van der Waals surface area (Å²) in [5, 5.41) is 0. The van der Waals surface area contributed by atoms with Gasteiger partial charge < -0.3 is 18.9 Å². The Labute approximate surface area is 107 Å². The van der Waals surface area contributed by atoms with Crippen molar-refractivity contribution in [2.75, 3.05) is 6.61 Å². The number of carbonyl (C=O) groups is 1. The van der Waals surface area contributed by atoms with Crippen molar-refractivity contribution in [2.45, 2.75) is 57.6 Å². The number of carbonyl (C=O) groups excluding carboxylic acids is 1. The molecule has 3 atom stereocenters. The van der Waals surface area contributed by atoms with Crippen LogP contribution in [0.5, 0.6) is 0 Å². The number of ether oxygens (including phenoxy) is 4. The summed E-state index contributed by atoms with van der Waals surface area (Å²) in [6.07, 6.45) is 3.47. The number of hydrogen-bond acceptors (Lipinski definition) is 5. The molecule has 100 valence electrons. The number of ketones is 1. The molecule has 0 unspecified atom stereocenters. The van der Waals surface area contributed by atoms with E-state index in [0.717, 1.165) is 0 Å². The molecule has 0 bridgehead atoms. The monoisotopic (exact) mass is 254 g/mol. The first-order chi connectivity index (χ1) is 8.24. The van der Waals surface area contributed by atoms with E-state index in [-0.39, 0.29) is 12.4 Å². The highest BCUT2D eigenvalue weighted by molar-refractivity contribution is 5.85. The predicted molar refractivity (Wildman–Crippen MR) is 62.6 cm³/mol. The second kappa shape index (κ2) is 4.32. The van der Waals surface area contributed by atoms with Crippen LogP contribution in [0.15, 0.2) is 0 Å². The van der Waals surface area contributed by atoms with Gasteiger partial charge in [-0.25, -0.2) is 0 Å². The molecule has 5 heteroatoms. The van der Waals surface area contributed by atoms with Crippen LogP contribution in [0.3, 0.4) is 0 Å². The van der Waals surface area contributed by atoms with Gasteiger partial charge in [0.05, 0.1) is 0 Å². The van der Waals surface area contributed by atoms with Crippen LogP contribution in [-0.2, 0) is 23.7 Å². The molecule has 2 heterocycles. The Hall–Kier alpha value is -0.930. The third-order valence-corrected chi connectivity index (χ3v) is 2.88. The first-order valence-corrected chi connectivity index (χ1v) is 5.90.